The normalized spacial score (nSPS) is 23.7. The monoisotopic (exact) mass is 312 g/mol. The molecule has 1 aromatic rings. The van der Waals surface area contributed by atoms with Crippen LogP contribution in [0.3, 0.4) is 0 Å². The highest BCUT2D eigenvalue weighted by Gasteiger charge is 2.21. The van der Waals surface area contributed by atoms with E-state index >= 15 is 0 Å². The van der Waals surface area contributed by atoms with Gasteiger partial charge in [0, 0.05) is 11.6 Å². The van der Waals surface area contributed by atoms with Crippen LogP contribution in [0.4, 0.5) is 0 Å². The number of carbonyl (C=O) groups excluding carboxylic acids is 1. The first-order chi connectivity index (χ1) is 8.56. The first kappa shape index (κ1) is 13.4. The maximum atomic E-state index is 11.0. The number of rotatable bonds is 3. The molecule has 1 aliphatic carbocycles. The minimum absolute atomic E-state index is 0.157. The van der Waals surface area contributed by atoms with Crippen molar-refractivity contribution in [1.29, 1.82) is 0 Å². The second-order valence-electron chi connectivity index (χ2n) is 4.68. The van der Waals surface area contributed by atoms with Gasteiger partial charge in [0.2, 0.25) is 5.91 Å². The lowest BCUT2D eigenvalue weighted by Gasteiger charge is -2.27. The zero-order chi connectivity index (χ0) is 13.1. The minimum Gasteiger partial charge on any atom is -0.489 e. The molecule has 2 unspecified atom stereocenters. The smallest absolute Gasteiger partial charge is 0.248 e. The van der Waals surface area contributed by atoms with Crippen molar-refractivity contribution in [2.24, 2.45) is 11.5 Å². The summed E-state index contributed by atoms with van der Waals surface area (Å²) in [5.74, 6) is 0.293. The number of nitrogens with two attached hydrogens (primary N) is 2. The molecule has 18 heavy (non-hydrogen) atoms. The fourth-order valence-electron chi connectivity index (χ4n) is 2.22. The van der Waals surface area contributed by atoms with Crippen molar-refractivity contribution in [3.8, 4) is 5.75 Å². The van der Waals surface area contributed by atoms with Crippen LogP contribution in [0, 0.1) is 0 Å². The predicted molar refractivity (Wildman–Crippen MR) is 73.5 cm³/mol. The van der Waals surface area contributed by atoms with Crippen LogP contribution in [0.1, 0.15) is 36.0 Å². The van der Waals surface area contributed by atoms with Gasteiger partial charge >= 0.3 is 0 Å². The Hall–Kier alpha value is -1.07. The molecule has 1 aromatic carbocycles. The summed E-state index contributed by atoms with van der Waals surface area (Å²) in [4.78, 5) is 11.0. The maximum Gasteiger partial charge on any atom is 0.248 e. The topological polar surface area (TPSA) is 78.3 Å². The third-order valence-electron chi connectivity index (χ3n) is 3.18. The summed E-state index contributed by atoms with van der Waals surface area (Å²) in [6.07, 6.45) is 4.23. The Morgan fingerprint density at radius 2 is 2.17 bits per heavy atom. The van der Waals surface area contributed by atoms with Gasteiger partial charge in [0.05, 0.1) is 4.47 Å². The van der Waals surface area contributed by atoms with Gasteiger partial charge in [-0.05, 0) is 59.8 Å². The van der Waals surface area contributed by atoms with E-state index in [1.807, 2.05) is 0 Å². The zero-order valence-corrected chi connectivity index (χ0v) is 11.7. The number of carbonyl (C=O) groups is 1. The second-order valence-corrected chi connectivity index (χ2v) is 5.53. The fraction of sp³-hybridized carbons (Fsp3) is 0.462. The molecule has 1 aliphatic rings. The van der Waals surface area contributed by atoms with Gasteiger partial charge in [-0.25, -0.2) is 0 Å². The van der Waals surface area contributed by atoms with Gasteiger partial charge in [-0.15, -0.1) is 0 Å². The van der Waals surface area contributed by atoms with Crippen LogP contribution in [0.15, 0.2) is 22.7 Å². The van der Waals surface area contributed by atoms with Gasteiger partial charge in [0.1, 0.15) is 11.9 Å². The third kappa shape index (κ3) is 3.23. The van der Waals surface area contributed by atoms with Crippen molar-refractivity contribution >= 4 is 21.8 Å². The maximum absolute atomic E-state index is 11.0. The molecule has 2 rings (SSSR count). The largest absolute Gasteiger partial charge is 0.489 e. The molecule has 0 saturated heterocycles. The second kappa shape index (κ2) is 5.71. The number of ether oxygens (including phenoxy) is 1. The van der Waals surface area contributed by atoms with Crippen LogP contribution in [0.25, 0.3) is 0 Å². The van der Waals surface area contributed by atoms with Crippen LogP contribution in [0.5, 0.6) is 5.75 Å². The van der Waals surface area contributed by atoms with E-state index in [0.29, 0.717) is 5.56 Å². The van der Waals surface area contributed by atoms with E-state index < -0.39 is 5.91 Å². The van der Waals surface area contributed by atoms with Gasteiger partial charge in [0.25, 0.3) is 0 Å². The Morgan fingerprint density at radius 3 is 2.78 bits per heavy atom. The molecule has 0 bridgehead atoms. The summed E-state index contributed by atoms with van der Waals surface area (Å²) < 4.78 is 6.66. The van der Waals surface area contributed by atoms with Gasteiger partial charge in [-0.3, -0.25) is 4.79 Å². The molecule has 0 aliphatic heterocycles. The lowest BCUT2D eigenvalue weighted by molar-refractivity contribution is 0.1000. The SMILES string of the molecule is NC(=O)c1ccc(OC2CCCC(N)C2)c(Br)c1. The molecule has 1 saturated carbocycles. The average molecular weight is 313 g/mol. The third-order valence-corrected chi connectivity index (χ3v) is 3.80. The lowest BCUT2D eigenvalue weighted by Crippen LogP contribution is -2.33. The molecule has 4 N–H and O–H groups in total. The van der Waals surface area contributed by atoms with Crippen LogP contribution in [0.2, 0.25) is 0 Å². The summed E-state index contributed by atoms with van der Waals surface area (Å²) in [6, 6.07) is 5.35. The van der Waals surface area contributed by atoms with E-state index in [9.17, 15) is 4.79 Å². The molecule has 4 nitrogen and oxygen atoms in total. The van der Waals surface area contributed by atoms with Gasteiger partial charge in [-0.1, -0.05) is 0 Å². The molecular weight excluding hydrogens is 296 g/mol. The highest BCUT2D eigenvalue weighted by molar-refractivity contribution is 9.10. The molecule has 5 heteroatoms. The molecule has 0 radical (unpaired) electrons. The van der Waals surface area contributed by atoms with Crippen LogP contribution in [-0.2, 0) is 0 Å². The van der Waals surface area contributed by atoms with Crippen molar-refractivity contribution in [3.05, 3.63) is 28.2 Å². The molecule has 1 amide bonds. The predicted octanol–water partition coefficient (Wildman–Crippen LogP) is 2.20. The number of benzene rings is 1. The number of hydrogen-bond acceptors (Lipinski definition) is 3. The van der Waals surface area contributed by atoms with E-state index in [1.54, 1.807) is 18.2 Å². The molecular formula is C13H17BrN2O2. The van der Waals surface area contributed by atoms with Crippen LogP contribution >= 0.6 is 15.9 Å². The highest BCUT2D eigenvalue weighted by Crippen LogP contribution is 2.30. The van der Waals surface area contributed by atoms with E-state index in [-0.39, 0.29) is 12.1 Å². The standard InChI is InChI=1S/C13H17BrN2O2/c14-11-6-8(13(16)17)4-5-12(11)18-10-3-1-2-9(15)7-10/h4-6,9-10H,1-3,7,15H2,(H2,16,17). The van der Waals surface area contributed by atoms with Gasteiger partial charge < -0.3 is 16.2 Å². The van der Waals surface area contributed by atoms with Gasteiger partial charge in [0.15, 0.2) is 0 Å². The first-order valence-electron chi connectivity index (χ1n) is 6.08. The molecule has 1 fully saturated rings. The summed E-state index contributed by atoms with van der Waals surface area (Å²) in [5, 5.41) is 0. The Morgan fingerprint density at radius 1 is 1.39 bits per heavy atom. The Kier molecular flexibility index (Phi) is 4.24. The van der Waals surface area contributed by atoms with E-state index in [0.717, 1.165) is 35.9 Å². The molecule has 0 aromatic heterocycles. The van der Waals surface area contributed by atoms with Crippen molar-refractivity contribution in [2.75, 3.05) is 0 Å². The number of halogens is 1. The first-order valence-corrected chi connectivity index (χ1v) is 6.87. The molecule has 0 heterocycles. The van der Waals surface area contributed by atoms with E-state index in [4.69, 9.17) is 16.2 Å². The van der Waals surface area contributed by atoms with E-state index in [1.165, 1.54) is 0 Å². The summed E-state index contributed by atoms with van der Waals surface area (Å²) >= 11 is 3.39. The average Bonchev–Trinajstić information content (AvgIpc) is 2.31. The summed E-state index contributed by atoms with van der Waals surface area (Å²) in [6.45, 7) is 0. The zero-order valence-electron chi connectivity index (χ0n) is 10.1. The fourth-order valence-corrected chi connectivity index (χ4v) is 2.69. The lowest BCUT2D eigenvalue weighted by atomic mass is 9.93. The summed E-state index contributed by atoms with van der Waals surface area (Å²) in [7, 11) is 0. The number of primary amides is 1. The molecule has 0 spiro atoms. The summed E-state index contributed by atoms with van der Waals surface area (Å²) in [5.41, 5.74) is 11.6. The Labute approximate surface area is 115 Å². The Bertz CT molecular complexity index is 451. The number of hydrogen-bond donors (Lipinski definition) is 2. The Balaban J connectivity index is 2.07. The van der Waals surface area contributed by atoms with Crippen LogP contribution < -0.4 is 16.2 Å². The van der Waals surface area contributed by atoms with Crippen molar-refractivity contribution in [1.82, 2.24) is 0 Å². The quantitative estimate of drug-likeness (QED) is 0.898. The van der Waals surface area contributed by atoms with E-state index in [2.05, 4.69) is 15.9 Å². The van der Waals surface area contributed by atoms with Gasteiger partial charge in [-0.2, -0.15) is 0 Å². The van der Waals surface area contributed by atoms with Crippen molar-refractivity contribution in [2.45, 2.75) is 37.8 Å². The highest BCUT2D eigenvalue weighted by atomic mass is 79.9. The number of amides is 1. The van der Waals surface area contributed by atoms with Crippen LogP contribution in [-0.4, -0.2) is 18.1 Å². The van der Waals surface area contributed by atoms with Crippen molar-refractivity contribution < 1.29 is 9.53 Å². The molecule has 2 atom stereocenters. The van der Waals surface area contributed by atoms with Crippen molar-refractivity contribution in [3.63, 3.8) is 0 Å². The molecule has 98 valence electrons. The minimum atomic E-state index is -0.443.